The number of halogens is 1. The summed E-state index contributed by atoms with van der Waals surface area (Å²) in [7, 11) is -4.42. The number of thiophene rings is 1. The third-order valence-corrected chi connectivity index (χ3v) is 8.68. The first kappa shape index (κ1) is 27.8. The molecular weight excluding hydrogens is 555 g/mol. The van der Waals surface area contributed by atoms with Crippen molar-refractivity contribution in [1.29, 1.82) is 0 Å². The van der Waals surface area contributed by atoms with Crippen molar-refractivity contribution in [1.82, 2.24) is 14.5 Å². The van der Waals surface area contributed by atoms with Gasteiger partial charge in [-0.2, -0.15) is 4.31 Å². The molecule has 2 amide bonds. The molecule has 1 aliphatic rings. The van der Waals surface area contributed by atoms with E-state index >= 15 is 0 Å². The van der Waals surface area contributed by atoms with Crippen LogP contribution >= 0.6 is 11.3 Å². The Morgan fingerprint density at radius 3 is 2.46 bits per heavy atom. The van der Waals surface area contributed by atoms with Crippen LogP contribution < -0.4 is 5.32 Å². The number of nitro groups is 1. The molecule has 0 saturated carbocycles. The molecule has 1 saturated heterocycles. The van der Waals surface area contributed by atoms with Crippen LogP contribution in [0.4, 0.5) is 10.1 Å². The van der Waals surface area contributed by atoms with Gasteiger partial charge in [0.15, 0.2) is 6.17 Å². The molecule has 12 nitrogen and oxygen atoms in total. The highest BCUT2D eigenvalue weighted by atomic mass is 32.2. The fourth-order valence-corrected chi connectivity index (χ4v) is 6.38. The number of nitrogens with zero attached hydrogens (tertiary/aromatic N) is 3. The molecule has 1 aromatic heterocycles. The van der Waals surface area contributed by atoms with Crippen molar-refractivity contribution in [3.63, 3.8) is 0 Å². The van der Waals surface area contributed by atoms with Gasteiger partial charge in [-0.05, 0) is 41.3 Å². The maximum atomic E-state index is 13.7. The summed E-state index contributed by atoms with van der Waals surface area (Å²) < 4.78 is 41.2. The summed E-state index contributed by atoms with van der Waals surface area (Å²) in [5, 5.41) is 24.8. The molecule has 0 radical (unpaired) electrons. The maximum Gasteiger partial charge on any atom is 0.305 e. The Bertz CT molecular complexity index is 1510. The third kappa shape index (κ3) is 5.94. The molecule has 1 aliphatic heterocycles. The lowest BCUT2D eigenvalue weighted by Gasteiger charge is -2.30. The van der Waals surface area contributed by atoms with Gasteiger partial charge in [0.25, 0.3) is 17.5 Å². The van der Waals surface area contributed by atoms with Gasteiger partial charge in [0.1, 0.15) is 5.82 Å². The topological polar surface area (TPSA) is 167 Å². The molecule has 2 unspecified atom stereocenters. The molecule has 2 atom stereocenters. The van der Waals surface area contributed by atoms with Crippen molar-refractivity contribution in [2.24, 2.45) is 0 Å². The normalized spacial score (nSPS) is 16.5. The molecule has 15 heteroatoms. The summed E-state index contributed by atoms with van der Waals surface area (Å²) in [5.74, 6) is -3.64. The number of carbonyl (C=O) groups is 3. The number of nitrogens with one attached hydrogen (secondary N) is 1. The fourth-order valence-electron chi connectivity index (χ4n) is 4.15. The zero-order valence-corrected chi connectivity index (χ0v) is 21.6. The van der Waals surface area contributed by atoms with Crippen LogP contribution in [0.2, 0.25) is 0 Å². The quantitative estimate of drug-likeness (QED) is 0.290. The van der Waals surface area contributed by atoms with Crippen molar-refractivity contribution < 1.29 is 37.2 Å². The Hall–Kier alpha value is -4.21. The molecule has 0 bridgehead atoms. The average molecular weight is 577 g/mol. The number of aliphatic carboxylic acids is 1. The van der Waals surface area contributed by atoms with Gasteiger partial charge in [-0.3, -0.25) is 24.5 Å². The zero-order chi connectivity index (χ0) is 28.3. The number of carboxylic acids is 1. The summed E-state index contributed by atoms with van der Waals surface area (Å²) in [6, 6.07) is 10.8. The number of sulfonamides is 1. The smallest absolute Gasteiger partial charge is 0.305 e. The molecule has 0 spiro atoms. The Balaban J connectivity index is 1.72. The van der Waals surface area contributed by atoms with E-state index < -0.39 is 57.2 Å². The summed E-state index contributed by atoms with van der Waals surface area (Å²) in [4.78, 5) is 50.0. The second kappa shape index (κ2) is 11.3. The van der Waals surface area contributed by atoms with E-state index in [0.717, 1.165) is 50.9 Å². The van der Waals surface area contributed by atoms with Gasteiger partial charge in [-0.1, -0.05) is 18.2 Å². The number of hydrogen-bond donors (Lipinski definition) is 2. The minimum absolute atomic E-state index is 0.0991. The maximum absolute atomic E-state index is 13.7. The van der Waals surface area contributed by atoms with Gasteiger partial charge >= 0.3 is 5.97 Å². The number of rotatable bonds is 9. The number of carboxylic acid groups (broad SMARTS) is 1. The number of non-ortho nitro benzene ring substituents is 1. The second-order valence-electron chi connectivity index (χ2n) is 8.43. The van der Waals surface area contributed by atoms with E-state index in [1.807, 2.05) is 0 Å². The van der Waals surface area contributed by atoms with Crippen LogP contribution in [0.25, 0.3) is 0 Å². The first-order valence-corrected chi connectivity index (χ1v) is 13.7. The van der Waals surface area contributed by atoms with Crippen LogP contribution in [0.3, 0.4) is 0 Å². The predicted octanol–water partition coefficient (Wildman–Crippen LogP) is 2.60. The van der Waals surface area contributed by atoms with E-state index in [1.54, 1.807) is 11.4 Å². The molecule has 2 N–H and O–H groups in total. The largest absolute Gasteiger partial charge is 0.481 e. The van der Waals surface area contributed by atoms with Crippen LogP contribution in [0.5, 0.6) is 0 Å². The lowest BCUT2D eigenvalue weighted by molar-refractivity contribution is -0.384. The van der Waals surface area contributed by atoms with Crippen molar-refractivity contribution >= 4 is 44.8 Å². The SMILES string of the molecule is O=C(O)CC(NC(=O)C1N(C(=O)c2cccs2)CCN1S(=O)(=O)c1ccc(F)cc1)c1cccc([N+](=O)[O-])c1. The number of nitro benzene ring substituents is 1. The molecular formula is C24H21FN4O8S2. The summed E-state index contributed by atoms with van der Waals surface area (Å²) >= 11 is 1.09. The Labute approximate surface area is 225 Å². The number of carbonyl (C=O) groups excluding carboxylic acids is 2. The van der Waals surface area contributed by atoms with Crippen LogP contribution in [0, 0.1) is 15.9 Å². The predicted molar refractivity (Wildman–Crippen MR) is 136 cm³/mol. The molecule has 204 valence electrons. The minimum Gasteiger partial charge on any atom is -0.481 e. The first-order valence-electron chi connectivity index (χ1n) is 11.4. The summed E-state index contributed by atoms with van der Waals surface area (Å²) in [5.41, 5.74) is -0.241. The molecule has 2 aromatic carbocycles. The van der Waals surface area contributed by atoms with E-state index in [4.69, 9.17) is 0 Å². The zero-order valence-electron chi connectivity index (χ0n) is 20.0. The van der Waals surface area contributed by atoms with E-state index in [2.05, 4.69) is 5.32 Å². The van der Waals surface area contributed by atoms with Gasteiger partial charge in [-0.25, -0.2) is 12.8 Å². The van der Waals surface area contributed by atoms with Gasteiger partial charge in [0.05, 0.1) is 27.2 Å². The highest BCUT2D eigenvalue weighted by Gasteiger charge is 2.47. The average Bonchev–Trinajstić information content (AvgIpc) is 3.59. The minimum atomic E-state index is -4.42. The van der Waals surface area contributed by atoms with Crippen LogP contribution in [0.15, 0.2) is 70.9 Å². The lowest BCUT2D eigenvalue weighted by atomic mass is 10.0. The first-order chi connectivity index (χ1) is 18.5. The Kier molecular flexibility index (Phi) is 8.03. The number of hydrogen-bond acceptors (Lipinski definition) is 8. The highest BCUT2D eigenvalue weighted by Crippen LogP contribution is 2.29. The van der Waals surface area contributed by atoms with Crippen LogP contribution in [-0.2, 0) is 19.6 Å². The van der Waals surface area contributed by atoms with Gasteiger partial charge in [0, 0.05) is 25.2 Å². The second-order valence-corrected chi connectivity index (χ2v) is 11.3. The highest BCUT2D eigenvalue weighted by molar-refractivity contribution is 7.89. The van der Waals surface area contributed by atoms with Crippen LogP contribution in [-0.4, -0.2) is 64.7 Å². The van der Waals surface area contributed by atoms with E-state index in [1.165, 1.54) is 24.3 Å². The molecule has 39 heavy (non-hydrogen) atoms. The monoisotopic (exact) mass is 576 g/mol. The van der Waals surface area contributed by atoms with Crippen LogP contribution in [0.1, 0.15) is 27.7 Å². The number of amides is 2. The fraction of sp³-hybridized carbons (Fsp3) is 0.208. The van der Waals surface area contributed by atoms with Crippen molar-refractivity contribution in [3.05, 3.63) is 92.4 Å². The van der Waals surface area contributed by atoms with Crippen molar-refractivity contribution in [3.8, 4) is 0 Å². The van der Waals surface area contributed by atoms with Gasteiger partial charge < -0.3 is 15.3 Å². The van der Waals surface area contributed by atoms with Crippen molar-refractivity contribution in [2.45, 2.75) is 23.5 Å². The summed E-state index contributed by atoms with van der Waals surface area (Å²) in [6.07, 6.45) is -2.40. The van der Waals surface area contributed by atoms with Gasteiger partial charge in [-0.15, -0.1) is 11.3 Å². The standard InChI is InChI=1S/C24H21FN4O8S2/c25-16-6-8-18(9-7-16)39(36,37)28-11-10-27(24(33)20-5-2-12-38-20)23(28)22(32)26-19(14-21(30)31)15-3-1-4-17(13-15)29(34)35/h1-9,12-13,19,23H,10-11,14H2,(H,26,32)(H,30,31). The Morgan fingerprint density at radius 1 is 1.13 bits per heavy atom. The molecule has 1 fully saturated rings. The van der Waals surface area contributed by atoms with Gasteiger partial charge in [0.2, 0.25) is 10.0 Å². The molecule has 0 aliphatic carbocycles. The molecule has 3 aromatic rings. The summed E-state index contributed by atoms with van der Waals surface area (Å²) in [6.45, 7) is -0.426. The van der Waals surface area contributed by atoms with E-state index in [-0.39, 0.29) is 34.1 Å². The van der Waals surface area contributed by atoms with E-state index in [9.17, 15) is 42.4 Å². The number of benzene rings is 2. The lowest BCUT2D eigenvalue weighted by Crippen LogP contribution is -2.54. The molecule has 4 rings (SSSR count). The van der Waals surface area contributed by atoms with Crippen molar-refractivity contribution in [2.75, 3.05) is 13.1 Å². The molecule has 2 heterocycles. The Morgan fingerprint density at radius 2 is 1.85 bits per heavy atom. The third-order valence-electron chi connectivity index (χ3n) is 5.96. The van der Waals surface area contributed by atoms with E-state index in [0.29, 0.717) is 0 Å².